The zero-order valence-electron chi connectivity index (χ0n) is 28.9. The lowest BCUT2D eigenvalue weighted by atomic mass is 10.2. The van der Waals surface area contributed by atoms with E-state index in [1.54, 1.807) is 0 Å². The molecule has 9 heteroatoms. The van der Waals surface area contributed by atoms with Crippen LogP contribution >= 0.6 is 0 Å². The molecule has 3 unspecified atom stereocenters. The Morgan fingerprint density at radius 3 is 1.51 bits per heavy atom. The SMILES string of the molecule is C=C(COCCC[Si](C)(O[Si](C)(O[Si](C)(CCCOC(=O)C(=C)CC)c1ccccc1)c1ccccc1)c1ccccc1)C(=O)CC. The van der Waals surface area contributed by atoms with E-state index in [2.05, 4.69) is 106 Å². The van der Waals surface area contributed by atoms with Crippen LogP contribution in [0.4, 0.5) is 0 Å². The standard InChI is InChI=1S/C38H52O6Si3/c1-8-32(3)38(40)42-28-20-30-46(6,35-23-15-11-16-24-35)44-47(7,36-25-17-12-18-26-36)43-45(5,34-21-13-10-14-22-34)29-19-27-41-31-33(4)37(39)9-2/h10-18,21-26H,3-4,8-9,19-20,27-31H2,1-2,5-7H3. The summed E-state index contributed by atoms with van der Waals surface area (Å²) in [5, 5.41) is 3.47. The molecular formula is C38H52O6Si3. The maximum absolute atomic E-state index is 12.3. The average Bonchev–Trinajstić information content (AvgIpc) is 3.10. The van der Waals surface area contributed by atoms with Crippen molar-refractivity contribution in [1.29, 1.82) is 0 Å². The molecule has 0 aliphatic heterocycles. The zero-order valence-corrected chi connectivity index (χ0v) is 31.9. The van der Waals surface area contributed by atoms with Gasteiger partial charge in [0.25, 0.3) is 0 Å². The van der Waals surface area contributed by atoms with Gasteiger partial charge in [-0.3, -0.25) is 4.79 Å². The van der Waals surface area contributed by atoms with Crippen LogP contribution in [-0.4, -0.2) is 56.8 Å². The Kier molecular flexibility index (Phi) is 15.0. The molecule has 3 rings (SSSR count). The number of hydrogen-bond donors (Lipinski definition) is 0. The Morgan fingerprint density at radius 2 is 1.06 bits per heavy atom. The molecule has 0 N–H and O–H groups in total. The lowest BCUT2D eigenvalue weighted by Crippen LogP contribution is -2.67. The van der Waals surface area contributed by atoms with Crippen LogP contribution in [0.15, 0.2) is 115 Å². The fourth-order valence-corrected chi connectivity index (χ4v) is 20.6. The summed E-state index contributed by atoms with van der Waals surface area (Å²) in [4.78, 5) is 24.3. The zero-order chi connectivity index (χ0) is 34.3. The third kappa shape index (κ3) is 11.2. The molecule has 0 aliphatic rings. The third-order valence-corrected chi connectivity index (χ3v) is 22.4. The maximum Gasteiger partial charge on any atom is 0.349 e. The van der Waals surface area contributed by atoms with E-state index in [4.69, 9.17) is 17.7 Å². The second kappa shape index (κ2) is 18.4. The topological polar surface area (TPSA) is 71.1 Å². The molecule has 3 atom stereocenters. The molecule has 6 nitrogen and oxygen atoms in total. The number of ketones is 1. The first-order valence-corrected chi connectivity index (χ1v) is 24.2. The van der Waals surface area contributed by atoms with Crippen molar-refractivity contribution in [2.75, 3.05) is 19.8 Å². The fourth-order valence-electron chi connectivity index (χ4n) is 5.69. The highest BCUT2D eigenvalue weighted by Gasteiger charge is 2.48. The van der Waals surface area contributed by atoms with Gasteiger partial charge in [0.15, 0.2) is 5.78 Å². The van der Waals surface area contributed by atoms with Crippen molar-refractivity contribution in [3.8, 4) is 0 Å². The molecule has 0 aliphatic carbocycles. The van der Waals surface area contributed by atoms with Crippen LogP contribution in [0.2, 0.25) is 31.7 Å². The second-order valence-electron chi connectivity index (χ2n) is 12.4. The van der Waals surface area contributed by atoms with E-state index >= 15 is 0 Å². The third-order valence-electron chi connectivity index (χ3n) is 8.59. The van der Waals surface area contributed by atoms with E-state index in [1.807, 2.05) is 32.0 Å². The Bertz CT molecular complexity index is 1450. The maximum atomic E-state index is 12.3. The van der Waals surface area contributed by atoms with Crippen molar-refractivity contribution in [3.63, 3.8) is 0 Å². The summed E-state index contributed by atoms with van der Waals surface area (Å²) in [6.45, 7) is 19.2. The summed E-state index contributed by atoms with van der Waals surface area (Å²) in [5.74, 6) is -0.299. The number of ether oxygens (including phenoxy) is 2. The van der Waals surface area contributed by atoms with Crippen LogP contribution in [0.5, 0.6) is 0 Å². The van der Waals surface area contributed by atoms with Crippen molar-refractivity contribution in [2.45, 2.75) is 71.3 Å². The van der Waals surface area contributed by atoms with Crippen LogP contribution < -0.4 is 15.6 Å². The molecule has 0 heterocycles. The summed E-state index contributed by atoms with van der Waals surface area (Å²) in [6, 6.07) is 32.9. The molecule has 0 spiro atoms. The molecule has 0 amide bonds. The van der Waals surface area contributed by atoms with Crippen LogP contribution in [-0.2, 0) is 27.3 Å². The van der Waals surface area contributed by atoms with Crippen LogP contribution in [0.3, 0.4) is 0 Å². The van der Waals surface area contributed by atoms with E-state index in [9.17, 15) is 9.59 Å². The summed E-state index contributed by atoms with van der Waals surface area (Å²) in [7, 11) is -8.33. The average molecular weight is 689 g/mol. The Labute approximate surface area is 285 Å². The largest absolute Gasteiger partial charge is 0.462 e. The molecule has 0 aromatic heterocycles. The van der Waals surface area contributed by atoms with Crippen molar-refractivity contribution in [3.05, 3.63) is 115 Å². The summed E-state index contributed by atoms with van der Waals surface area (Å²) in [6.07, 6.45) is 2.46. The van der Waals surface area contributed by atoms with Crippen molar-refractivity contribution >= 4 is 52.5 Å². The highest BCUT2D eigenvalue weighted by atomic mass is 28.5. The van der Waals surface area contributed by atoms with Crippen molar-refractivity contribution in [2.24, 2.45) is 0 Å². The lowest BCUT2D eigenvalue weighted by Gasteiger charge is -2.43. The van der Waals surface area contributed by atoms with Crippen LogP contribution in [0.1, 0.15) is 39.5 Å². The van der Waals surface area contributed by atoms with Gasteiger partial charge in [0, 0.05) is 24.2 Å². The van der Waals surface area contributed by atoms with Crippen LogP contribution in [0, 0.1) is 0 Å². The number of carbonyl (C=O) groups is 2. The van der Waals surface area contributed by atoms with Gasteiger partial charge in [-0.25, -0.2) is 4.79 Å². The number of rotatable bonds is 21. The van der Waals surface area contributed by atoms with E-state index in [0.717, 1.165) is 23.7 Å². The van der Waals surface area contributed by atoms with E-state index in [0.29, 0.717) is 43.6 Å². The van der Waals surface area contributed by atoms with Gasteiger partial charge in [0.2, 0.25) is 16.6 Å². The highest BCUT2D eigenvalue weighted by molar-refractivity contribution is 7.00. The molecule has 0 fully saturated rings. The number of carbonyl (C=O) groups excluding carboxylic acids is 2. The summed E-state index contributed by atoms with van der Waals surface area (Å²) < 4.78 is 26.5. The molecule has 3 aromatic carbocycles. The predicted molar refractivity (Wildman–Crippen MR) is 200 cm³/mol. The monoisotopic (exact) mass is 688 g/mol. The molecule has 3 aromatic rings. The van der Waals surface area contributed by atoms with Gasteiger partial charge in [-0.05, 0) is 66.6 Å². The minimum absolute atomic E-state index is 0.0359. The molecule has 252 valence electrons. The molecule has 0 saturated heterocycles. The lowest BCUT2D eigenvalue weighted by molar-refractivity contribution is -0.139. The molecular weight excluding hydrogens is 637 g/mol. The molecule has 47 heavy (non-hydrogen) atoms. The first-order valence-electron chi connectivity index (χ1n) is 16.7. The minimum Gasteiger partial charge on any atom is -0.462 e. The van der Waals surface area contributed by atoms with Crippen molar-refractivity contribution < 1.29 is 27.3 Å². The van der Waals surface area contributed by atoms with Gasteiger partial charge < -0.3 is 17.7 Å². The van der Waals surface area contributed by atoms with Gasteiger partial charge in [-0.1, -0.05) is 118 Å². The number of esters is 1. The Balaban J connectivity index is 1.92. The summed E-state index contributed by atoms with van der Waals surface area (Å²) >= 11 is 0. The minimum atomic E-state index is -3.07. The molecule has 0 radical (unpaired) electrons. The fraction of sp³-hybridized carbons (Fsp3) is 0.368. The van der Waals surface area contributed by atoms with Gasteiger partial charge in [0.1, 0.15) is 0 Å². The van der Waals surface area contributed by atoms with Crippen molar-refractivity contribution in [1.82, 2.24) is 0 Å². The normalized spacial score (nSPS) is 15.1. The van der Waals surface area contributed by atoms with Gasteiger partial charge in [-0.15, -0.1) is 0 Å². The summed E-state index contributed by atoms with van der Waals surface area (Å²) in [5.41, 5.74) is 0.996. The van der Waals surface area contributed by atoms with Gasteiger partial charge in [0.05, 0.1) is 13.2 Å². The molecule has 0 bridgehead atoms. The predicted octanol–water partition coefficient (Wildman–Crippen LogP) is 6.81. The van der Waals surface area contributed by atoms with Gasteiger partial charge >= 0.3 is 14.5 Å². The van der Waals surface area contributed by atoms with E-state index in [-0.39, 0.29) is 18.4 Å². The quantitative estimate of drug-likeness (QED) is 0.0531. The Morgan fingerprint density at radius 1 is 0.617 bits per heavy atom. The highest BCUT2D eigenvalue weighted by Crippen LogP contribution is 2.27. The van der Waals surface area contributed by atoms with Crippen LogP contribution in [0.25, 0.3) is 0 Å². The first kappa shape index (κ1) is 38.3. The molecule has 0 saturated carbocycles. The number of Topliss-reactive ketones (excluding diaryl/α,β-unsaturated/α-hetero) is 1. The number of benzene rings is 3. The smallest absolute Gasteiger partial charge is 0.349 e. The van der Waals surface area contributed by atoms with E-state index in [1.165, 1.54) is 10.4 Å². The first-order chi connectivity index (χ1) is 22.5. The second-order valence-corrected chi connectivity index (χ2v) is 23.6. The number of hydrogen-bond acceptors (Lipinski definition) is 6. The Hall–Kier alpha value is -3.19. The van der Waals surface area contributed by atoms with E-state index < -0.39 is 25.2 Å². The van der Waals surface area contributed by atoms with Gasteiger partial charge in [-0.2, -0.15) is 0 Å².